The molecule has 26 heavy (non-hydrogen) atoms. The fraction of sp³-hybridized carbons (Fsp3) is 0.550. The summed E-state index contributed by atoms with van der Waals surface area (Å²) in [6.45, 7) is 7.85. The van der Waals surface area contributed by atoms with Crippen LogP contribution in [0.15, 0.2) is 18.2 Å². The second kappa shape index (κ2) is 7.00. The van der Waals surface area contributed by atoms with E-state index in [0.29, 0.717) is 24.9 Å². The number of piperazine rings is 1. The predicted octanol–water partition coefficient (Wildman–Crippen LogP) is 2.94. The lowest BCUT2D eigenvalue weighted by atomic mass is 10.0. The Kier molecular flexibility index (Phi) is 4.71. The van der Waals surface area contributed by atoms with Gasteiger partial charge in [-0.15, -0.1) is 0 Å². The first-order valence-electron chi connectivity index (χ1n) is 9.49. The molecule has 6 heteroatoms. The number of amides is 1. The maximum atomic E-state index is 13.5. The van der Waals surface area contributed by atoms with Gasteiger partial charge in [-0.1, -0.05) is 13.3 Å². The van der Waals surface area contributed by atoms with Crippen LogP contribution in [0.1, 0.15) is 35.8 Å². The van der Waals surface area contributed by atoms with Gasteiger partial charge in [0.15, 0.2) is 0 Å². The number of H-pyrrole nitrogens is 1. The minimum absolute atomic E-state index is 0.00336. The Morgan fingerprint density at radius 1 is 1.35 bits per heavy atom. The van der Waals surface area contributed by atoms with Crippen LogP contribution in [-0.2, 0) is 4.74 Å². The number of benzene rings is 1. The number of nitrogens with one attached hydrogen (secondary N) is 1. The zero-order chi connectivity index (χ0) is 18.3. The molecule has 2 aliphatic rings. The summed E-state index contributed by atoms with van der Waals surface area (Å²) < 4.78 is 19.3. The van der Waals surface area contributed by atoms with Crippen LogP contribution in [0.3, 0.4) is 0 Å². The molecule has 140 valence electrons. The van der Waals surface area contributed by atoms with E-state index < -0.39 is 0 Å². The van der Waals surface area contributed by atoms with E-state index in [1.165, 1.54) is 12.1 Å². The Morgan fingerprint density at radius 3 is 3.00 bits per heavy atom. The number of morpholine rings is 1. The van der Waals surface area contributed by atoms with Gasteiger partial charge in [0.25, 0.3) is 5.91 Å². The van der Waals surface area contributed by atoms with Gasteiger partial charge in [0, 0.05) is 36.6 Å². The van der Waals surface area contributed by atoms with Gasteiger partial charge in [0.1, 0.15) is 11.5 Å². The summed E-state index contributed by atoms with van der Waals surface area (Å²) in [5.74, 6) is -0.287. The third-order valence-electron chi connectivity index (χ3n) is 5.76. The summed E-state index contributed by atoms with van der Waals surface area (Å²) in [6, 6.07) is 5.32. The van der Waals surface area contributed by atoms with Crippen molar-refractivity contribution in [2.24, 2.45) is 0 Å². The molecule has 4 rings (SSSR count). The Morgan fingerprint density at radius 2 is 2.19 bits per heavy atom. The zero-order valence-electron chi connectivity index (χ0n) is 15.4. The van der Waals surface area contributed by atoms with Crippen molar-refractivity contribution in [2.45, 2.75) is 38.8 Å². The van der Waals surface area contributed by atoms with Crippen molar-refractivity contribution >= 4 is 16.8 Å². The Labute approximate surface area is 153 Å². The summed E-state index contributed by atoms with van der Waals surface area (Å²) in [5.41, 5.74) is 2.19. The van der Waals surface area contributed by atoms with Crippen LogP contribution in [0, 0.1) is 12.7 Å². The number of fused-ring (bicyclic) bond motifs is 2. The van der Waals surface area contributed by atoms with Crippen LogP contribution < -0.4 is 0 Å². The molecule has 2 aromatic rings. The number of nitrogens with zero attached hydrogens (tertiary/aromatic N) is 2. The van der Waals surface area contributed by atoms with Crippen molar-refractivity contribution in [2.75, 3.05) is 32.8 Å². The highest BCUT2D eigenvalue weighted by Gasteiger charge is 2.37. The number of hydrogen-bond acceptors (Lipinski definition) is 3. The molecule has 0 unspecified atom stereocenters. The number of halogens is 1. The fourth-order valence-corrected chi connectivity index (χ4v) is 4.37. The van der Waals surface area contributed by atoms with Crippen LogP contribution >= 0.6 is 0 Å². The van der Waals surface area contributed by atoms with Crippen molar-refractivity contribution in [3.05, 3.63) is 35.3 Å². The number of carbonyl (C=O) groups is 1. The van der Waals surface area contributed by atoms with E-state index in [1.807, 2.05) is 11.8 Å². The van der Waals surface area contributed by atoms with Gasteiger partial charge in [-0.25, -0.2) is 4.39 Å². The quantitative estimate of drug-likeness (QED) is 0.917. The van der Waals surface area contributed by atoms with Gasteiger partial charge in [-0.2, -0.15) is 0 Å². The summed E-state index contributed by atoms with van der Waals surface area (Å²) in [6.07, 6.45) is 2.28. The third-order valence-corrected chi connectivity index (χ3v) is 5.76. The second-order valence-electron chi connectivity index (χ2n) is 7.44. The van der Waals surface area contributed by atoms with Crippen molar-refractivity contribution in [3.63, 3.8) is 0 Å². The van der Waals surface area contributed by atoms with E-state index in [9.17, 15) is 9.18 Å². The number of rotatable bonds is 3. The average Bonchev–Trinajstić information content (AvgIpc) is 2.97. The lowest BCUT2D eigenvalue weighted by molar-refractivity contribution is -0.0776. The Balaban J connectivity index is 1.54. The van der Waals surface area contributed by atoms with Crippen LogP contribution in [0.5, 0.6) is 0 Å². The molecule has 5 nitrogen and oxygen atoms in total. The van der Waals surface area contributed by atoms with Crippen molar-refractivity contribution in [3.8, 4) is 0 Å². The van der Waals surface area contributed by atoms with Gasteiger partial charge in [0.2, 0.25) is 0 Å². The van der Waals surface area contributed by atoms with E-state index in [0.717, 1.165) is 49.0 Å². The van der Waals surface area contributed by atoms with E-state index in [2.05, 4.69) is 16.8 Å². The van der Waals surface area contributed by atoms with Crippen molar-refractivity contribution in [1.82, 2.24) is 14.8 Å². The molecule has 1 N–H and O–H groups in total. The van der Waals surface area contributed by atoms with Gasteiger partial charge in [0.05, 0.1) is 19.3 Å². The average molecular weight is 359 g/mol. The van der Waals surface area contributed by atoms with Gasteiger partial charge < -0.3 is 14.6 Å². The lowest BCUT2D eigenvalue weighted by Crippen LogP contribution is -2.62. The topological polar surface area (TPSA) is 48.6 Å². The zero-order valence-corrected chi connectivity index (χ0v) is 15.4. The molecule has 0 saturated carbocycles. The summed E-state index contributed by atoms with van der Waals surface area (Å²) in [7, 11) is 0. The van der Waals surface area contributed by atoms with Crippen LogP contribution in [0.25, 0.3) is 10.9 Å². The first-order valence-corrected chi connectivity index (χ1v) is 9.49. The highest BCUT2D eigenvalue weighted by Crippen LogP contribution is 2.26. The van der Waals surface area contributed by atoms with E-state index in [-0.39, 0.29) is 17.8 Å². The number of aryl methyl sites for hydroxylation is 1. The van der Waals surface area contributed by atoms with Crippen LogP contribution in [-0.4, -0.2) is 65.6 Å². The number of carbonyl (C=O) groups excluding carboxylic acids is 1. The molecule has 0 spiro atoms. The number of hydrogen-bond donors (Lipinski definition) is 1. The standard InChI is InChI=1S/C20H26FN3O2/c1-3-4-15-11-26-12-16-10-23(7-8-24(15)16)20(25)19-13(2)17-9-14(21)5-6-18(17)22-19/h5-6,9,15-16,22H,3-4,7-8,10-12H2,1-2H3/t15-,16+/m0/s1. The minimum atomic E-state index is -0.284. The van der Waals surface area contributed by atoms with Gasteiger partial charge in [-0.05, 0) is 37.1 Å². The Bertz CT molecular complexity index is 817. The number of ether oxygens (including phenoxy) is 1. The summed E-state index contributed by atoms with van der Waals surface area (Å²) in [4.78, 5) is 20.7. The predicted molar refractivity (Wildman–Crippen MR) is 98.9 cm³/mol. The molecule has 2 fully saturated rings. The first-order chi connectivity index (χ1) is 12.6. The van der Waals surface area contributed by atoms with Gasteiger partial charge >= 0.3 is 0 Å². The monoisotopic (exact) mass is 359 g/mol. The second-order valence-corrected chi connectivity index (χ2v) is 7.44. The largest absolute Gasteiger partial charge is 0.378 e. The molecular formula is C20H26FN3O2. The molecule has 0 bridgehead atoms. The third kappa shape index (κ3) is 3.01. The highest BCUT2D eigenvalue weighted by atomic mass is 19.1. The molecule has 2 saturated heterocycles. The SMILES string of the molecule is CCC[C@H]1COC[C@H]2CN(C(=O)c3[nH]c4ccc(F)cc4c3C)CCN12. The van der Waals surface area contributed by atoms with Crippen molar-refractivity contribution in [1.29, 1.82) is 0 Å². The maximum Gasteiger partial charge on any atom is 0.270 e. The number of aromatic nitrogens is 1. The Hall–Kier alpha value is -1.92. The summed E-state index contributed by atoms with van der Waals surface area (Å²) in [5, 5.41) is 0.774. The molecule has 1 aromatic heterocycles. The smallest absolute Gasteiger partial charge is 0.270 e. The maximum absolute atomic E-state index is 13.5. The molecule has 0 radical (unpaired) electrons. The molecule has 0 aliphatic carbocycles. The van der Waals surface area contributed by atoms with E-state index in [1.54, 1.807) is 6.07 Å². The minimum Gasteiger partial charge on any atom is -0.378 e. The molecule has 2 aliphatic heterocycles. The normalized spacial score (nSPS) is 24.0. The molecule has 2 atom stereocenters. The van der Waals surface area contributed by atoms with Crippen LogP contribution in [0.4, 0.5) is 4.39 Å². The fourth-order valence-electron chi connectivity index (χ4n) is 4.37. The van der Waals surface area contributed by atoms with Crippen LogP contribution in [0.2, 0.25) is 0 Å². The molecular weight excluding hydrogens is 333 g/mol. The molecule has 3 heterocycles. The number of aromatic amines is 1. The first kappa shape index (κ1) is 17.5. The molecule has 1 aromatic carbocycles. The highest BCUT2D eigenvalue weighted by molar-refractivity contribution is 6.01. The van der Waals surface area contributed by atoms with Crippen molar-refractivity contribution < 1.29 is 13.9 Å². The van der Waals surface area contributed by atoms with Gasteiger partial charge in [-0.3, -0.25) is 9.69 Å². The van der Waals surface area contributed by atoms with E-state index in [4.69, 9.17) is 4.74 Å². The lowest BCUT2D eigenvalue weighted by Gasteiger charge is -2.48. The molecule has 1 amide bonds. The van der Waals surface area contributed by atoms with E-state index >= 15 is 0 Å². The summed E-state index contributed by atoms with van der Waals surface area (Å²) >= 11 is 0.